The van der Waals surface area contributed by atoms with Gasteiger partial charge < -0.3 is 9.84 Å². The van der Waals surface area contributed by atoms with Crippen molar-refractivity contribution in [3.8, 4) is 0 Å². The average molecular weight is 343 g/mol. The van der Waals surface area contributed by atoms with Crippen LogP contribution in [0.2, 0.25) is 0 Å². The van der Waals surface area contributed by atoms with E-state index in [1.54, 1.807) is 11.3 Å². The Morgan fingerprint density at radius 1 is 1.22 bits per heavy atom. The second-order valence-electron chi connectivity index (χ2n) is 4.59. The highest BCUT2D eigenvalue weighted by Gasteiger charge is 2.32. The summed E-state index contributed by atoms with van der Waals surface area (Å²) in [6.07, 6.45) is 1.83. The lowest BCUT2D eigenvalue weighted by Crippen LogP contribution is -2.10. The van der Waals surface area contributed by atoms with E-state index in [1.807, 2.05) is 53.9 Å². The van der Waals surface area contributed by atoms with Crippen molar-refractivity contribution in [1.82, 2.24) is 0 Å². The Morgan fingerprint density at radius 3 is 2.65 bits per heavy atom. The maximum Gasteiger partial charge on any atom is 0.344 e. The second-order valence-corrected chi connectivity index (χ2v) is 6.60. The van der Waals surface area contributed by atoms with Crippen LogP contribution in [-0.2, 0) is 9.53 Å². The Labute approximate surface area is 141 Å². The predicted octanol–water partition coefficient (Wildman–Crippen LogP) is 4.55. The normalized spacial score (nSPS) is 18.0. The van der Waals surface area contributed by atoms with Gasteiger partial charge in [-0.1, -0.05) is 36.0 Å². The number of rotatable bonds is 3. The van der Waals surface area contributed by atoms with Crippen LogP contribution >= 0.6 is 23.1 Å². The van der Waals surface area contributed by atoms with Crippen LogP contribution in [-0.4, -0.2) is 23.2 Å². The Morgan fingerprint density at radius 2 is 2.00 bits per heavy atom. The van der Waals surface area contributed by atoms with Crippen LogP contribution in [0.5, 0.6) is 0 Å². The molecule has 3 rings (SSSR count). The number of hydrogen-bond donors (Lipinski definition) is 1. The summed E-state index contributed by atoms with van der Waals surface area (Å²) < 4.78 is 4.78. The summed E-state index contributed by atoms with van der Waals surface area (Å²) in [7, 11) is 1.29. The molecule has 2 aromatic rings. The number of benzene rings is 1. The minimum atomic E-state index is -0.598. The number of thiophene rings is 1. The number of thioether (sulfide) groups is 1. The topological polar surface area (TPSA) is 58.9 Å². The van der Waals surface area contributed by atoms with Crippen LogP contribution < -0.4 is 0 Å². The number of nitrogens with zero attached hydrogens (tertiary/aromatic N) is 1. The first-order chi connectivity index (χ1) is 11.2. The molecule has 0 unspecified atom stereocenters. The van der Waals surface area contributed by atoms with Crippen molar-refractivity contribution in [3.05, 3.63) is 69.0 Å². The number of para-hydroxylation sites is 1. The molecule has 1 aliphatic heterocycles. The molecule has 1 aliphatic rings. The van der Waals surface area contributed by atoms with Gasteiger partial charge in [-0.3, -0.25) is 0 Å². The first-order valence-corrected chi connectivity index (χ1v) is 8.47. The molecule has 0 bridgehead atoms. The monoisotopic (exact) mass is 343 g/mol. The fourth-order valence-electron chi connectivity index (χ4n) is 2.01. The van der Waals surface area contributed by atoms with Crippen molar-refractivity contribution in [1.29, 1.82) is 0 Å². The fraction of sp³-hybridized carbons (Fsp3) is 0.0588. The number of aliphatic hydroxyl groups excluding tert-OH is 1. The number of methoxy groups -OCH3 is 1. The van der Waals surface area contributed by atoms with Crippen LogP contribution in [0, 0.1) is 0 Å². The third kappa shape index (κ3) is 3.38. The van der Waals surface area contributed by atoms with Gasteiger partial charge in [0, 0.05) is 4.88 Å². The summed E-state index contributed by atoms with van der Waals surface area (Å²) in [5.41, 5.74) is 0.811. The lowest BCUT2D eigenvalue weighted by Gasteiger charge is -2.01. The van der Waals surface area contributed by atoms with Crippen molar-refractivity contribution in [2.45, 2.75) is 0 Å². The standard InChI is InChI=1S/C17H13NO3S2/c1-21-17(20)14-15(19)13(10-12-8-5-9-22-12)23-16(14)18-11-6-3-2-4-7-11/h2-10,19H,1H3/b13-10-,18-16?. The molecule has 23 heavy (non-hydrogen) atoms. The number of ether oxygens (including phenoxy) is 1. The highest BCUT2D eigenvalue weighted by Crippen LogP contribution is 2.40. The minimum Gasteiger partial charge on any atom is -0.506 e. The zero-order chi connectivity index (χ0) is 16.2. The van der Waals surface area contributed by atoms with Crippen molar-refractivity contribution < 1.29 is 14.6 Å². The van der Waals surface area contributed by atoms with Crippen molar-refractivity contribution in [2.75, 3.05) is 7.11 Å². The maximum absolute atomic E-state index is 12.0. The van der Waals surface area contributed by atoms with E-state index in [2.05, 4.69) is 4.99 Å². The fourth-order valence-corrected chi connectivity index (χ4v) is 3.77. The quantitative estimate of drug-likeness (QED) is 0.831. The van der Waals surface area contributed by atoms with Crippen LogP contribution in [0.15, 0.2) is 69.1 Å². The number of carbonyl (C=O) groups is 1. The maximum atomic E-state index is 12.0. The predicted molar refractivity (Wildman–Crippen MR) is 95.1 cm³/mol. The molecule has 0 atom stereocenters. The number of aliphatic imine (C=N–C) groups is 1. The van der Waals surface area contributed by atoms with E-state index in [-0.39, 0.29) is 11.3 Å². The Hall–Kier alpha value is -2.31. The van der Waals surface area contributed by atoms with Crippen molar-refractivity contribution >= 4 is 45.9 Å². The van der Waals surface area contributed by atoms with E-state index in [0.717, 1.165) is 4.88 Å². The van der Waals surface area contributed by atoms with Gasteiger partial charge in [-0.05, 0) is 29.7 Å². The molecule has 0 saturated carbocycles. The number of esters is 1. The molecule has 0 amide bonds. The summed E-state index contributed by atoms with van der Waals surface area (Å²) in [4.78, 5) is 18.1. The molecule has 116 valence electrons. The molecular formula is C17H13NO3S2. The molecule has 0 saturated heterocycles. The van der Waals surface area contributed by atoms with Crippen LogP contribution in [0.25, 0.3) is 6.08 Å². The summed E-state index contributed by atoms with van der Waals surface area (Å²) >= 11 is 2.81. The van der Waals surface area contributed by atoms with Crippen LogP contribution in [0.4, 0.5) is 5.69 Å². The first kappa shape index (κ1) is 15.6. The molecule has 2 heterocycles. The Bertz CT molecular complexity index is 806. The van der Waals surface area contributed by atoms with Gasteiger partial charge in [0.1, 0.15) is 16.4 Å². The van der Waals surface area contributed by atoms with Gasteiger partial charge in [0.25, 0.3) is 0 Å². The van der Waals surface area contributed by atoms with Crippen molar-refractivity contribution in [3.63, 3.8) is 0 Å². The largest absolute Gasteiger partial charge is 0.506 e. The molecule has 1 aromatic carbocycles. The van der Waals surface area contributed by atoms with Crippen LogP contribution in [0.1, 0.15) is 4.88 Å². The third-order valence-corrected chi connectivity index (χ3v) is 4.92. The first-order valence-electron chi connectivity index (χ1n) is 6.78. The highest BCUT2D eigenvalue weighted by atomic mass is 32.2. The van der Waals surface area contributed by atoms with E-state index in [0.29, 0.717) is 15.6 Å². The van der Waals surface area contributed by atoms with Gasteiger partial charge >= 0.3 is 5.97 Å². The molecule has 4 nitrogen and oxygen atoms in total. The summed E-state index contributed by atoms with van der Waals surface area (Å²) in [5.74, 6) is -0.691. The molecule has 0 radical (unpaired) electrons. The molecule has 0 aliphatic carbocycles. The van der Waals surface area contributed by atoms with Gasteiger partial charge in [0.15, 0.2) is 0 Å². The van der Waals surface area contributed by atoms with Gasteiger partial charge in [0.05, 0.1) is 17.7 Å². The minimum absolute atomic E-state index is 0.0927. The summed E-state index contributed by atoms with van der Waals surface area (Å²) in [6, 6.07) is 13.2. The summed E-state index contributed by atoms with van der Waals surface area (Å²) in [6.45, 7) is 0. The van der Waals surface area contributed by atoms with E-state index in [1.165, 1.54) is 18.9 Å². The second kappa shape index (κ2) is 6.85. The van der Waals surface area contributed by atoms with Crippen molar-refractivity contribution in [2.24, 2.45) is 4.99 Å². The number of carbonyl (C=O) groups excluding carboxylic acids is 1. The molecule has 0 spiro atoms. The van der Waals surface area contributed by atoms with Crippen LogP contribution in [0.3, 0.4) is 0 Å². The van der Waals surface area contributed by atoms with Gasteiger partial charge in [0.2, 0.25) is 0 Å². The van der Waals surface area contributed by atoms with Gasteiger partial charge in [-0.2, -0.15) is 0 Å². The average Bonchev–Trinajstić information content (AvgIpc) is 3.17. The zero-order valence-corrected chi connectivity index (χ0v) is 13.9. The third-order valence-electron chi connectivity index (χ3n) is 3.08. The van der Waals surface area contributed by atoms with E-state index in [4.69, 9.17) is 4.74 Å². The van der Waals surface area contributed by atoms with E-state index in [9.17, 15) is 9.90 Å². The molecule has 1 N–H and O–H groups in total. The zero-order valence-electron chi connectivity index (χ0n) is 12.2. The highest BCUT2D eigenvalue weighted by molar-refractivity contribution is 8.18. The molecule has 1 aromatic heterocycles. The SMILES string of the molecule is COC(=O)C1=C(O)/C(=C/c2cccs2)SC1=Nc1ccccc1. The molecule has 0 fully saturated rings. The van der Waals surface area contributed by atoms with Gasteiger partial charge in [-0.15, -0.1) is 11.3 Å². The lowest BCUT2D eigenvalue weighted by molar-refractivity contribution is -0.135. The molecular weight excluding hydrogens is 330 g/mol. The molecule has 6 heteroatoms. The smallest absolute Gasteiger partial charge is 0.344 e. The number of hydrogen-bond acceptors (Lipinski definition) is 6. The van der Waals surface area contributed by atoms with E-state index < -0.39 is 5.97 Å². The van der Waals surface area contributed by atoms with Gasteiger partial charge in [-0.25, -0.2) is 9.79 Å². The summed E-state index contributed by atoms with van der Waals surface area (Å²) in [5, 5.41) is 12.8. The lowest BCUT2D eigenvalue weighted by atomic mass is 10.2. The Kier molecular flexibility index (Phi) is 4.64. The van der Waals surface area contributed by atoms with E-state index >= 15 is 0 Å². The number of aliphatic hydroxyl groups is 1. The Balaban J connectivity index is 2.04.